The van der Waals surface area contributed by atoms with Gasteiger partial charge in [0.25, 0.3) is 0 Å². The fraction of sp³-hybridized carbons (Fsp3) is 0.864. The number of amides is 1. The van der Waals surface area contributed by atoms with E-state index in [0.717, 1.165) is 25.9 Å². The number of carbonyl (C=O) groups is 1. The highest BCUT2D eigenvalue weighted by Gasteiger charge is 2.70. The van der Waals surface area contributed by atoms with Crippen molar-refractivity contribution >= 4 is 6.09 Å². The van der Waals surface area contributed by atoms with Gasteiger partial charge in [-0.05, 0) is 46.0 Å². The summed E-state index contributed by atoms with van der Waals surface area (Å²) in [6.07, 6.45) is 3.04. The number of alkyl carbamates (subject to hydrolysis) is 1. The van der Waals surface area contributed by atoms with E-state index in [-0.39, 0.29) is 41.2 Å². The van der Waals surface area contributed by atoms with Crippen LogP contribution in [0.15, 0.2) is 11.6 Å². The highest BCUT2D eigenvalue weighted by atomic mass is 16.6. The lowest BCUT2D eigenvalue weighted by molar-refractivity contribution is -0.0443. The van der Waals surface area contributed by atoms with Gasteiger partial charge in [0, 0.05) is 11.8 Å². The van der Waals surface area contributed by atoms with Gasteiger partial charge in [-0.2, -0.15) is 0 Å². The summed E-state index contributed by atoms with van der Waals surface area (Å²) in [5.74, 6) is 0.286. The Hall–Kier alpha value is -1.15. The maximum atomic E-state index is 12.5. The topological polar surface area (TPSA) is 110 Å². The number of hydrogen-bond acceptors (Lipinski definition) is 6. The van der Waals surface area contributed by atoms with E-state index in [2.05, 4.69) is 39.1 Å². The van der Waals surface area contributed by atoms with Crippen molar-refractivity contribution in [2.75, 3.05) is 6.61 Å². The van der Waals surface area contributed by atoms with Crippen LogP contribution in [0.25, 0.3) is 0 Å². The van der Waals surface area contributed by atoms with E-state index < -0.39 is 18.4 Å². The molecule has 1 spiro atoms. The van der Waals surface area contributed by atoms with Crippen molar-refractivity contribution in [2.45, 2.75) is 96.5 Å². The van der Waals surface area contributed by atoms with Crippen molar-refractivity contribution in [1.82, 2.24) is 5.32 Å². The Morgan fingerprint density at radius 3 is 2.59 bits per heavy atom. The van der Waals surface area contributed by atoms with Crippen LogP contribution in [0.1, 0.15) is 60.8 Å². The minimum atomic E-state index is -1.13. The molecule has 166 valence electrons. The molecule has 0 aromatic rings. The monoisotopic (exact) mass is 410 g/mol. The minimum absolute atomic E-state index is 0.00294. The zero-order chi connectivity index (χ0) is 21.6. The van der Waals surface area contributed by atoms with E-state index in [4.69, 9.17) is 19.9 Å². The van der Waals surface area contributed by atoms with Gasteiger partial charge in [-0.3, -0.25) is 0 Å². The zero-order valence-electron chi connectivity index (χ0n) is 18.6. The minimum Gasteiger partial charge on any atom is -0.446 e. The number of hydrogen-bond donors (Lipinski definition) is 3. The van der Waals surface area contributed by atoms with Crippen LogP contribution in [-0.2, 0) is 14.2 Å². The highest BCUT2D eigenvalue weighted by molar-refractivity contribution is 5.68. The summed E-state index contributed by atoms with van der Waals surface area (Å²) >= 11 is 0. The lowest BCUT2D eigenvalue weighted by Crippen LogP contribution is -2.54. The van der Waals surface area contributed by atoms with Gasteiger partial charge in [0.05, 0.1) is 30.0 Å². The van der Waals surface area contributed by atoms with Gasteiger partial charge < -0.3 is 30.4 Å². The number of epoxide rings is 2. The molecule has 7 nitrogen and oxygen atoms in total. The Kier molecular flexibility index (Phi) is 6.35. The Morgan fingerprint density at radius 1 is 1.41 bits per heavy atom. The van der Waals surface area contributed by atoms with Gasteiger partial charge >= 0.3 is 6.09 Å². The van der Waals surface area contributed by atoms with Gasteiger partial charge in [-0.1, -0.05) is 32.4 Å². The Balaban J connectivity index is 1.66. The predicted molar refractivity (Wildman–Crippen MR) is 110 cm³/mol. The van der Waals surface area contributed by atoms with Crippen LogP contribution in [0.3, 0.4) is 0 Å². The van der Waals surface area contributed by atoms with E-state index >= 15 is 0 Å². The quantitative estimate of drug-likeness (QED) is 0.338. The average molecular weight is 411 g/mol. The molecule has 0 radical (unpaired) electrons. The zero-order valence-corrected chi connectivity index (χ0v) is 18.6. The first-order chi connectivity index (χ1) is 13.5. The van der Waals surface area contributed by atoms with Crippen LogP contribution >= 0.6 is 0 Å². The smallest absolute Gasteiger partial charge is 0.407 e. The molecule has 1 aliphatic carbocycles. The van der Waals surface area contributed by atoms with E-state index in [9.17, 15) is 9.90 Å². The molecule has 29 heavy (non-hydrogen) atoms. The fourth-order valence-corrected chi connectivity index (χ4v) is 5.25. The van der Waals surface area contributed by atoms with Crippen LogP contribution in [0.2, 0.25) is 0 Å². The molecule has 1 saturated carbocycles. The Morgan fingerprint density at radius 2 is 2.07 bits per heavy atom. The molecule has 2 aliphatic heterocycles. The number of nitrogens with one attached hydrogen (secondary N) is 1. The third-order valence-corrected chi connectivity index (χ3v) is 7.01. The highest BCUT2D eigenvalue weighted by Crippen LogP contribution is 2.60. The van der Waals surface area contributed by atoms with Gasteiger partial charge in [0.1, 0.15) is 12.3 Å². The Labute approximate surface area is 174 Å². The van der Waals surface area contributed by atoms with Crippen LogP contribution in [0.4, 0.5) is 4.79 Å². The summed E-state index contributed by atoms with van der Waals surface area (Å²) < 4.78 is 17.9. The lowest BCUT2D eigenvalue weighted by atomic mass is 9.64. The molecule has 3 rings (SSSR count). The first kappa shape index (κ1) is 22.5. The number of nitrogens with two attached hydrogens (primary N) is 1. The van der Waals surface area contributed by atoms with Crippen molar-refractivity contribution in [3.8, 4) is 0 Å². The number of rotatable bonds is 7. The number of allylic oxidation sites excluding steroid dienone is 1. The van der Waals surface area contributed by atoms with Gasteiger partial charge in [-0.15, -0.1) is 0 Å². The second-order valence-electron chi connectivity index (χ2n) is 9.88. The van der Waals surface area contributed by atoms with Crippen LogP contribution in [0.5, 0.6) is 0 Å². The van der Waals surface area contributed by atoms with E-state index in [0.29, 0.717) is 0 Å². The van der Waals surface area contributed by atoms with Gasteiger partial charge in [0.15, 0.2) is 0 Å². The number of aliphatic hydroxyl groups is 1. The third-order valence-electron chi connectivity index (χ3n) is 7.01. The number of ether oxygens (including phenoxy) is 3. The van der Waals surface area contributed by atoms with E-state index in [1.807, 2.05) is 13.8 Å². The largest absolute Gasteiger partial charge is 0.446 e. The fourth-order valence-electron chi connectivity index (χ4n) is 5.25. The molecule has 1 amide bonds. The standard InChI is InChI=1S/C22H38N2O5/c1-12(2)7-8-16-21(6,29-16)18-14(5)15(9-10-22(18)11-27-22)28-20(26)24-17(13(3)4)19(23)25/h7,13-19,25H,8-11,23H2,1-6H3,(H,24,26). The summed E-state index contributed by atoms with van der Waals surface area (Å²) in [7, 11) is 0. The molecular weight excluding hydrogens is 372 g/mol. The molecule has 8 atom stereocenters. The van der Waals surface area contributed by atoms with Crippen molar-refractivity contribution in [2.24, 2.45) is 23.5 Å². The summed E-state index contributed by atoms with van der Waals surface area (Å²) in [5, 5.41) is 12.4. The molecule has 3 fully saturated rings. The third kappa shape index (κ3) is 4.63. The van der Waals surface area contributed by atoms with Gasteiger partial charge in [0.2, 0.25) is 0 Å². The van der Waals surface area contributed by atoms with Crippen LogP contribution in [-0.4, -0.2) is 53.5 Å². The maximum Gasteiger partial charge on any atom is 0.407 e. The molecule has 7 heteroatoms. The average Bonchev–Trinajstić information content (AvgIpc) is 3.51. The molecule has 0 aromatic carbocycles. The molecule has 4 N–H and O–H groups in total. The normalized spacial score (nSPS) is 40.3. The predicted octanol–water partition coefficient (Wildman–Crippen LogP) is 2.71. The first-order valence-corrected chi connectivity index (χ1v) is 10.9. The molecular formula is C22H38N2O5. The molecule has 2 saturated heterocycles. The molecule has 0 bridgehead atoms. The van der Waals surface area contributed by atoms with E-state index in [1.165, 1.54) is 5.57 Å². The number of aliphatic hydroxyl groups excluding tert-OH is 1. The lowest BCUT2D eigenvalue weighted by Gasteiger charge is -2.42. The summed E-state index contributed by atoms with van der Waals surface area (Å²) in [5.41, 5.74) is 6.48. The second-order valence-corrected chi connectivity index (χ2v) is 9.88. The van der Waals surface area contributed by atoms with Crippen molar-refractivity contribution in [3.63, 3.8) is 0 Å². The van der Waals surface area contributed by atoms with Gasteiger partial charge in [-0.25, -0.2) is 4.79 Å². The van der Waals surface area contributed by atoms with Crippen molar-refractivity contribution in [1.29, 1.82) is 0 Å². The van der Waals surface area contributed by atoms with Crippen molar-refractivity contribution < 1.29 is 24.1 Å². The van der Waals surface area contributed by atoms with E-state index in [1.54, 1.807) is 0 Å². The van der Waals surface area contributed by atoms with Crippen LogP contribution in [0, 0.1) is 17.8 Å². The molecule has 0 aromatic heterocycles. The first-order valence-electron chi connectivity index (χ1n) is 10.9. The summed E-state index contributed by atoms with van der Waals surface area (Å²) in [4.78, 5) is 12.5. The summed E-state index contributed by atoms with van der Waals surface area (Å²) in [6, 6.07) is -0.548. The summed E-state index contributed by atoms with van der Waals surface area (Å²) in [6.45, 7) is 13.0. The Bertz CT molecular complexity index is 633. The molecule has 3 aliphatic rings. The second kappa shape index (κ2) is 8.17. The molecule has 8 unspecified atom stereocenters. The SMILES string of the molecule is CC(C)=CCC1OC1(C)C1C(C)C(OC(=O)NC(C(C)C)C(N)O)CCC12CO2. The maximum absolute atomic E-state index is 12.5. The van der Waals surface area contributed by atoms with Crippen molar-refractivity contribution in [3.05, 3.63) is 11.6 Å². The molecule has 2 heterocycles. The number of carbonyl (C=O) groups excluding carboxylic acids is 1. The van der Waals surface area contributed by atoms with Crippen LogP contribution < -0.4 is 11.1 Å².